The van der Waals surface area contributed by atoms with Gasteiger partial charge in [0.2, 0.25) is 0 Å². The van der Waals surface area contributed by atoms with Crippen LogP contribution in [0.5, 0.6) is 5.75 Å². The van der Waals surface area contributed by atoms with Crippen molar-refractivity contribution in [3.05, 3.63) is 69.2 Å². The van der Waals surface area contributed by atoms with Gasteiger partial charge in [0.05, 0.1) is 18.2 Å². The van der Waals surface area contributed by atoms with E-state index in [4.69, 9.17) is 9.47 Å². The number of halogens is 1. The average Bonchev–Trinajstić information content (AvgIpc) is 3.03. The van der Waals surface area contributed by atoms with E-state index >= 15 is 0 Å². The van der Waals surface area contributed by atoms with E-state index in [1.165, 1.54) is 4.90 Å². The Bertz CT molecular complexity index is 1050. The van der Waals surface area contributed by atoms with Crippen molar-refractivity contribution in [1.29, 1.82) is 0 Å². The van der Waals surface area contributed by atoms with Crippen LogP contribution in [0.15, 0.2) is 52.5 Å². The first kappa shape index (κ1) is 25.0. The smallest absolute Gasteiger partial charge is 0.295 e. The Kier molecular flexibility index (Phi) is 8.32. The molecular weight excluding hydrogens is 486 g/mol. The van der Waals surface area contributed by atoms with E-state index in [0.29, 0.717) is 43.4 Å². The van der Waals surface area contributed by atoms with Crippen LogP contribution in [0, 0.1) is 12.8 Å². The number of ether oxygens (including phenoxy) is 2. The summed E-state index contributed by atoms with van der Waals surface area (Å²) in [6.07, 6.45) is 0.581. The van der Waals surface area contributed by atoms with Gasteiger partial charge >= 0.3 is 0 Å². The number of Topliss-reactive ketones (excluding diaryl/α,β-unsaturated/α-hetero) is 1. The third-order valence-electron chi connectivity index (χ3n) is 5.51. The Labute approximate surface area is 203 Å². The minimum Gasteiger partial charge on any atom is -0.507 e. The Balaban J connectivity index is 2.05. The monoisotopic (exact) mass is 515 g/mol. The van der Waals surface area contributed by atoms with Crippen molar-refractivity contribution in [3.63, 3.8) is 0 Å². The highest BCUT2D eigenvalue weighted by molar-refractivity contribution is 9.10. The van der Waals surface area contributed by atoms with E-state index in [9.17, 15) is 14.7 Å². The molecule has 0 saturated carbocycles. The molecule has 1 fully saturated rings. The van der Waals surface area contributed by atoms with Gasteiger partial charge in [0.15, 0.2) is 0 Å². The van der Waals surface area contributed by atoms with E-state index in [1.54, 1.807) is 19.2 Å². The fourth-order valence-corrected chi connectivity index (χ4v) is 4.15. The Morgan fingerprint density at radius 1 is 1.15 bits per heavy atom. The predicted octanol–water partition coefficient (Wildman–Crippen LogP) is 5.25. The molecule has 7 heteroatoms. The minimum absolute atomic E-state index is 0.0960. The Morgan fingerprint density at radius 2 is 1.85 bits per heavy atom. The van der Waals surface area contributed by atoms with Gasteiger partial charge in [-0.1, -0.05) is 41.9 Å². The van der Waals surface area contributed by atoms with Crippen molar-refractivity contribution in [3.8, 4) is 5.75 Å². The molecule has 1 aliphatic rings. The maximum atomic E-state index is 13.1. The third-order valence-corrected chi connectivity index (χ3v) is 6.04. The highest BCUT2D eigenvalue weighted by atomic mass is 79.9. The number of amides is 1. The van der Waals surface area contributed by atoms with Gasteiger partial charge in [0.25, 0.3) is 11.7 Å². The quantitative estimate of drug-likeness (QED) is 0.213. The van der Waals surface area contributed by atoms with Gasteiger partial charge in [-0.2, -0.15) is 0 Å². The molecule has 1 unspecified atom stereocenters. The number of likely N-dealkylation sites (tertiary alicyclic amines) is 1. The van der Waals surface area contributed by atoms with Crippen molar-refractivity contribution in [2.45, 2.75) is 33.2 Å². The number of benzene rings is 2. The second-order valence-electron chi connectivity index (χ2n) is 8.57. The number of carbonyl (C=O) groups excluding carboxylic acids is 2. The van der Waals surface area contributed by atoms with E-state index in [2.05, 4.69) is 29.8 Å². The zero-order valence-corrected chi connectivity index (χ0v) is 21.0. The summed E-state index contributed by atoms with van der Waals surface area (Å²) in [5.41, 5.74) is 2.11. The molecule has 6 nitrogen and oxygen atoms in total. The molecule has 0 radical (unpaired) electrons. The van der Waals surface area contributed by atoms with Crippen LogP contribution >= 0.6 is 15.9 Å². The van der Waals surface area contributed by atoms with Crippen LogP contribution in [-0.2, 0) is 14.3 Å². The molecule has 1 N–H and O–H groups in total. The van der Waals surface area contributed by atoms with Gasteiger partial charge in [-0.3, -0.25) is 9.59 Å². The van der Waals surface area contributed by atoms with Gasteiger partial charge in [-0.05, 0) is 60.7 Å². The first-order valence-corrected chi connectivity index (χ1v) is 11.8. The Morgan fingerprint density at radius 3 is 2.45 bits per heavy atom. The molecule has 1 amide bonds. The van der Waals surface area contributed by atoms with E-state index < -0.39 is 17.7 Å². The molecule has 3 rings (SSSR count). The molecule has 0 aliphatic carbocycles. The van der Waals surface area contributed by atoms with Crippen LogP contribution in [0.2, 0.25) is 0 Å². The fourth-order valence-electron chi connectivity index (χ4n) is 3.88. The molecule has 1 saturated heterocycles. The molecule has 1 atom stereocenters. The van der Waals surface area contributed by atoms with Gasteiger partial charge < -0.3 is 19.5 Å². The number of aliphatic hydroxyl groups excluding tert-OH is 1. The van der Waals surface area contributed by atoms with Crippen molar-refractivity contribution in [1.82, 2.24) is 4.90 Å². The number of aliphatic hydroxyl groups is 1. The van der Waals surface area contributed by atoms with Crippen LogP contribution < -0.4 is 4.74 Å². The highest BCUT2D eigenvalue weighted by Gasteiger charge is 2.45. The molecule has 0 aromatic heterocycles. The molecule has 176 valence electrons. The summed E-state index contributed by atoms with van der Waals surface area (Å²) in [7, 11) is 1.59. The molecule has 0 bridgehead atoms. The van der Waals surface area contributed by atoms with E-state index in [-0.39, 0.29) is 11.3 Å². The highest BCUT2D eigenvalue weighted by Crippen LogP contribution is 2.40. The van der Waals surface area contributed by atoms with Crippen molar-refractivity contribution in [2.24, 2.45) is 5.92 Å². The molecule has 2 aromatic carbocycles. The van der Waals surface area contributed by atoms with Crippen LogP contribution in [0.4, 0.5) is 0 Å². The topological polar surface area (TPSA) is 76.1 Å². The molecule has 2 aromatic rings. The molecule has 0 spiro atoms. The predicted molar refractivity (Wildman–Crippen MR) is 131 cm³/mol. The van der Waals surface area contributed by atoms with Crippen LogP contribution in [-0.4, -0.2) is 48.6 Å². The van der Waals surface area contributed by atoms with Crippen LogP contribution in [0.1, 0.15) is 43.0 Å². The molecule has 1 aliphatic heterocycles. The van der Waals surface area contributed by atoms with Crippen molar-refractivity contribution >= 4 is 33.4 Å². The van der Waals surface area contributed by atoms with Crippen LogP contribution in [0.3, 0.4) is 0 Å². The molecule has 1 heterocycles. The summed E-state index contributed by atoms with van der Waals surface area (Å²) in [5, 5.41) is 11.3. The lowest BCUT2D eigenvalue weighted by atomic mass is 9.94. The van der Waals surface area contributed by atoms with Gasteiger partial charge in [0.1, 0.15) is 11.5 Å². The zero-order chi connectivity index (χ0) is 24.1. The lowest BCUT2D eigenvalue weighted by Gasteiger charge is -2.25. The number of hydrogen-bond donors (Lipinski definition) is 1. The average molecular weight is 516 g/mol. The van der Waals surface area contributed by atoms with Crippen molar-refractivity contribution in [2.75, 3.05) is 26.9 Å². The van der Waals surface area contributed by atoms with Crippen LogP contribution in [0.25, 0.3) is 5.76 Å². The summed E-state index contributed by atoms with van der Waals surface area (Å²) in [6, 6.07) is 12.1. The number of methoxy groups -OCH3 is 1. The summed E-state index contributed by atoms with van der Waals surface area (Å²) in [5.74, 6) is -0.392. The number of ketones is 1. The minimum atomic E-state index is -0.683. The maximum absolute atomic E-state index is 13.1. The van der Waals surface area contributed by atoms with Gasteiger partial charge in [-0.25, -0.2) is 0 Å². The maximum Gasteiger partial charge on any atom is 0.295 e. The fraction of sp³-hybridized carbons (Fsp3) is 0.385. The lowest BCUT2D eigenvalue weighted by molar-refractivity contribution is -0.140. The zero-order valence-electron chi connectivity index (χ0n) is 19.4. The number of hydrogen-bond acceptors (Lipinski definition) is 5. The normalized spacial score (nSPS) is 17.8. The number of carbonyl (C=O) groups is 2. The van der Waals surface area contributed by atoms with E-state index in [1.807, 2.05) is 37.3 Å². The first-order chi connectivity index (χ1) is 15.7. The van der Waals surface area contributed by atoms with Gasteiger partial charge in [-0.15, -0.1) is 0 Å². The molecule has 33 heavy (non-hydrogen) atoms. The number of nitrogens with zero attached hydrogens (tertiary/aromatic N) is 1. The SMILES string of the molecule is COCCCN1C(=O)C(=O)/C(=C(/O)c2ccc(OCC(C)C)cc2C)C1c1ccc(Br)cc1. The Hall–Kier alpha value is -2.64. The third kappa shape index (κ3) is 5.65. The first-order valence-electron chi connectivity index (χ1n) is 11.0. The summed E-state index contributed by atoms with van der Waals surface area (Å²) >= 11 is 3.43. The molecular formula is C26H30BrNO5. The number of rotatable bonds is 9. The summed E-state index contributed by atoms with van der Waals surface area (Å²) < 4.78 is 11.8. The standard InChI is InChI=1S/C26H30BrNO5/c1-16(2)15-33-20-10-11-21(17(3)14-20)24(29)22-23(18-6-8-19(27)9-7-18)28(12-5-13-32-4)26(31)25(22)30/h6-11,14,16,23,29H,5,12-13,15H2,1-4H3/b24-22+. The summed E-state index contributed by atoms with van der Waals surface area (Å²) in [4.78, 5) is 27.6. The summed E-state index contributed by atoms with van der Waals surface area (Å²) in [6.45, 7) is 7.38. The van der Waals surface area contributed by atoms with Gasteiger partial charge in [0, 0.05) is 30.3 Å². The second-order valence-corrected chi connectivity index (χ2v) is 9.49. The van der Waals surface area contributed by atoms with E-state index in [0.717, 1.165) is 15.6 Å². The second kappa shape index (κ2) is 11.0. The lowest BCUT2D eigenvalue weighted by Crippen LogP contribution is -2.31. The number of aryl methyl sites for hydroxylation is 1. The largest absolute Gasteiger partial charge is 0.507 e. The van der Waals surface area contributed by atoms with Crippen molar-refractivity contribution < 1.29 is 24.2 Å².